The number of H-pyrrole nitrogens is 1. The highest BCUT2D eigenvalue weighted by atomic mass is 16.2. The van der Waals surface area contributed by atoms with Gasteiger partial charge in [0.25, 0.3) is 5.91 Å². The highest BCUT2D eigenvalue weighted by Gasteiger charge is 2.08. The third-order valence-electron chi connectivity index (χ3n) is 3.04. The molecule has 2 aromatic rings. The highest BCUT2D eigenvalue weighted by molar-refractivity contribution is 6.00. The summed E-state index contributed by atoms with van der Waals surface area (Å²) in [6.45, 7) is 5.81. The number of amides is 1. The monoisotopic (exact) mass is 270 g/mol. The second-order valence-electron chi connectivity index (χ2n) is 4.62. The van der Waals surface area contributed by atoms with Crippen LogP contribution in [0.15, 0.2) is 35.4 Å². The van der Waals surface area contributed by atoms with Crippen LogP contribution in [0.3, 0.4) is 0 Å². The van der Waals surface area contributed by atoms with Crippen LogP contribution in [0.5, 0.6) is 0 Å². The predicted molar refractivity (Wildman–Crippen MR) is 78.8 cm³/mol. The van der Waals surface area contributed by atoms with Crippen LogP contribution < -0.4 is 5.43 Å². The van der Waals surface area contributed by atoms with Crippen molar-refractivity contribution in [2.75, 3.05) is 0 Å². The molecule has 5 nitrogen and oxygen atoms in total. The molecule has 20 heavy (non-hydrogen) atoms. The molecular formula is C15H18N4O. The van der Waals surface area contributed by atoms with E-state index in [0.717, 1.165) is 23.4 Å². The molecule has 1 aromatic carbocycles. The number of carbonyl (C=O) groups excluding carboxylic acids is 1. The first-order valence-electron chi connectivity index (χ1n) is 6.56. The number of aromatic amines is 1. The SMILES string of the molecule is CCc1ccc(C(C)=NNC(=O)c2cc(C)[nH]n2)cc1. The van der Waals surface area contributed by atoms with E-state index >= 15 is 0 Å². The summed E-state index contributed by atoms with van der Waals surface area (Å²) in [6, 6.07) is 9.81. The lowest BCUT2D eigenvalue weighted by Gasteiger charge is -2.03. The smallest absolute Gasteiger partial charge is 0.282 e. The van der Waals surface area contributed by atoms with Gasteiger partial charge in [-0.15, -0.1) is 0 Å². The number of nitrogens with one attached hydrogen (secondary N) is 2. The summed E-state index contributed by atoms with van der Waals surface area (Å²) >= 11 is 0. The van der Waals surface area contributed by atoms with E-state index in [-0.39, 0.29) is 5.91 Å². The van der Waals surface area contributed by atoms with E-state index in [2.05, 4.69) is 39.8 Å². The van der Waals surface area contributed by atoms with Gasteiger partial charge in [0, 0.05) is 5.69 Å². The van der Waals surface area contributed by atoms with E-state index in [1.54, 1.807) is 6.07 Å². The number of nitrogens with zero attached hydrogens (tertiary/aromatic N) is 2. The lowest BCUT2D eigenvalue weighted by molar-refractivity contribution is 0.0950. The van der Waals surface area contributed by atoms with Crippen molar-refractivity contribution in [2.45, 2.75) is 27.2 Å². The van der Waals surface area contributed by atoms with Gasteiger partial charge in [-0.1, -0.05) is 31.2 Å². The molecule has 0 aliphatic rings. The molecule has 1 heterocycles. The van der Waals surface area contributed by atoms with Gasteiger partial charge in [-0.2, -0.15) is 10.2 Å². The fraction of sp³-hybridized carbons (Fsp3) is 0.267. The van der Waals surface area contributed by atoms with Crippen molar-refractivity contribution in [1.82, 2.24) is 15.6 Å². The first-order chi connectivity index (χ1) is 9.60. The maximum atomic E-state index is 11.8. The van der Waals surface area contributed by atoms with Crippen molar-refractivity contribution in [3.05, 3.63) is 52.8 Å². The summed E-state index contributed by atoms with van der Waals surface area (Å²) in [5.74, 6) is -0.320. The standard InChI is InChI=1S/C15H18N4O/c1-4-12-5-7-13(8-6-12)11(3)17-19-15(20)14-9-10(2)16-18-14/h5-9H,4H2,1-3H3,(H,16,18)(H,19,20). The molecule has 104 valence electrons. The summed E-state index contributed by atoms with van der Waals surface area (Å²) in [5, 5.41) is 10.7. The Labute approximate surface area is 118 Å². The fourth-order valence-electron chi connectivity index (χ4n) is 1.77. The molecule has 0 saturated carbocycles. The van der Waals surface area contributed by atoms with Gasteiger partial charge < -0.3 is 0 Å². The lowest BCUT2D eigenvalue weighted by Crippen LogP contribution is -2.19. The number of carbonyl (C=O) groups is 1. The number of aromatic nitrogens is 2. The third kappa shape index (κ3) is 3.32. The van der Waals surface area contributed by atoms with Crippen LogP contribution in [-0.4, -0.2) is 21.8 Å². The molecule has 0 fully saturated rings. The van der Waals surface area contributed by atoms with Crippen molar-refractivity contribution >= 4 is 11.6 Å². The van der Waals surface area contributed by atoms with Gasteiger partial charge in [-0.05, 0) is 37.5 Å². The molecule has 0 unspecified atom stereocenters. The number of benzene rings is 1. The molecule has 1 aromatic heterocycles. The Kier molecular flexibility index (Phi) is 4.30. The van der Waals surface area contributed by atoms with Gasteiger partial charge in [-0.3, -0.25) is 9.89 Å². The van der Waals surface area contributed by atoms with Gasteiger partial charge in [0.15, 0.2) is 5.69 Å². The van der Waals surface area contributed by atoms with E-state index in [4.69, 9.17) is 0 Å². The molecule has 0 spiro atoms. The average Bonchev–Trinajstić information content (AvgIpc) is 2.91. The Morgan fingerprint density at radius 2 is 2.05 bits per heavy atom. The van der Waals surface area contributed by atoms with Crippen LogP contribution in [-0.2, 0) is 6.42 Å². The minimum absolute atomic E-state index is 0.320. The van der Waals surface area contributed by atoms with E-state index in [1.165, 1.54) is 5.56 Å². The first kappa shape index (κ1) is 14.0. The zero-order valence-corrected chi connectivity index (χ0v) is 11.9. The Morgan fingerprint density at radius 3 is 2.60 bits per heavy atom. The summed E-state index contributed by atoms with van der Waals surface area (Å²) < 4.78 is 0. The number of rotatable bonds is 4. The zero-order chi connectivity index (χ0) is 14.5. The zero-order valence-electron chi connectivity index (χ0n) is 11.9. The molecule has 0 bridgehead atoms. The second-order valence-corrected chi connectivity index (χ2v) is 4.62. The second kappa shape index (κ2) is 6.14. The molecule has 5 heteroatoms. The minimum atomic E-state index is -0.320. The summed E-state index contributed by atoms with van der Waals surface area (Å²) in [5.41, 5.74) is 6.70. The normalized spacial score (nSPS) is 11.4. The van der Waals surface area contributed by atoms with Gasteiger partial charge in [0.1, 0.15) is 0 Å². The van der Waals surface area contributed by atoms with Crippen molar-refractivity contribution in [2.24, 2.45) is 5.10 Å². The molecular weight excluding hydrogens is 252 g/mol. The molecule has 1 amide bonds. The number of hydrogen-bond donors (Lipinski definition) is 2. The van der Waals surface area contributed by atoms with Crippen LogP contribution in [0, 0.1) is 6.92 Å². The number of aryl methyl sites for hydroxylation is 2. The summed E-state index contributed by atoms with van der Waals surface area (Å²) in [7, 11) is 0. The van der Waals surface area contributed by atoms with Crippen LogP contribution in [0.1, 0.15) is 41.2 Å². The fourth-order valence-corrected chi connectivity index (χ4v) is 1.77. The molecule has 0 aliphatic heterocycles. The number of hydrazone groups is 1. The lowest BCUT2D eigenvalue weighted by atomic mass is 10.1. The maximum Gasteiger partial charge on any atom is 0.291 e. The highest BCUT2D eigenvalue weighted by Crippen LogP contribution is 2.06. The molecule has 0 aliphatic carbocycles. The van der Waals surface area contributed by atoms with Crippen molar-refractivity contribution in [3.8, 4) is 0 Å². The number of hydrogen-bond acceptors (Lipinski definition) is 3. The minimum Gasteiger partial charge on any atom is -0.282 e. The van der Waals surface area contributed by atoms with Gasteiger partial charge in [-0.25, -0.2) is 5.43 Å². The van der Waals surface area contributed by atoms with Crippen molar-refractivity contribution in [1.29, 1.82) is 0 Å². The Balaban J connectivity index is 2.04. The van der Waals surface area contributed by atoms with Crippen LogP contribution in [0.4, 0.5) is 0 Å². The van der Waals surface area contributed by atoms with E-state index in [0.29, 0.717) is 5.69 Å². The quantitative estimate of drug-likeness (QED) is 0.661. The average molecular weight is 270 g/mol. The van der Waals surface area contributed by atoms with E-state index in [1.807, 2.05) is 26.0 Å². The Bertz CT molecular complexity index is 626. The Hall–Kier alpha value is -2.43. The van der Waals surface area contributed by atoms with E-state index in [9.17, 15) is 4.79 Å². The summed E-state index contributed by atoms with van der Waals surface area (Å²) in [4.78, 5) is 11.8. The van der Waals surface area contributed by atoms with Gasteiger partial charge in [0.05, 0.1) is 5.71 Å². The maximum absolute atomic E-state index is 11.8. The molecule has 2 rings (SSSR count). The third-order valence-corrected chi connectivity index (χ3v) is 3.04. The Morgan fingerprint density at radius 1 is 1.35 bits per heavy atom. The van der Waals surface area contributed by atoms with Gasteiger partial charge in [0.2, 0.25) is 0 Å². The van der Waals surface area contributed by atoms with Crippen molar-refractivity contribution < 1.29 is 4.79 Å². The van der Waals surface area contributed by atoms with Crippen LogP contribution >= 0.6 is 0 Å². The topological polar surface area (TPSA) is 70.1 Å². The predicted octanol–water partition coefficient (Wildman–Crippen LogP) is 2.43. The first-order valence-corrected chi connectivity index (χ1v) is 6.56. The largest absolute Gasteiger partial charge is 0.291 e. The molecule has 0 saturated heterocycles. The summed E-state index contributed by atoms with van der Waals surface area (Å²) in [6.07, 6.45) is 1.01. The van der Waals surface area contributed by atoms with Gasteiger partial charge >= 0.3 is 0 Å². The van der Waals surface area contributed by atoms with Crippen LogP contribution in [0.2, 0.25) is 0 Å². The molecule has 2 N–H and O–H groups in total. The molecule has 0 atom stereocenters. The van der Waals surface area contributed by atoms with Crippen molar-refractivity contribution in [3.63, 3.8) is 0 Å². The molecule has 0 radical (unpaired) electrons. The van der Waals surface area contributed by atoms with Crippen LogP contribution in [0.25, 0.3) is 0 Å². The van der Waals surface area contributed by atoms with E-state index < -0.39 is 0 Å².